The van der Waals surface area contributed by atoms with Gasteiger partial charge in [0.1, 0.15) is 6.10 Å². The Balaban J connectivity index is 2.03. The Bertz CT molecular complexity index is 220. The number of aliphatic hydroxyl groups is 1. The van der Waals surface area contributed by atoms with Gasteiger partial charge >= 0.3 is 0 Å². The molecule has 15 heavy (non-hydrogen) atoms. The molecular formula is C12H21NO2. The van der Waals surface area contributed by atoms with Crippen LogP contribution < -0.4 is 5.73 Å². The first-order valence-corrected chi connectivity index (χ1v) is 5.84. The van der Waals surface area contributed by atoms with Crippen LogP contribution in [0.3, 0.4) is 0 Å². The number of carbonyl (C=O) groups excluding carboxylic acids is 1. The number of nitrogens with two attached hydrogens (primary N) is 1. The lowest BCUT2D eigenvalue weighted by Gasteiger charge is -2.04. The van der Waals surface area contributed by atoms with E-state index < -0.39 is 12.0 Å². The van der Waals surface area contributed by atoms with Crippen LogP contribution in [0.2, 0.25) is 0 Å². The molecule has 0 radical (unpaired) electrons. The van der Waals surface area contributed by atoms with Crippen LogP contribution in [-0.4, -0.2) is 17.1 Å². The average molecular weight is 211 g/mol. The number of hydrogen-bond donors (Lipinski definition) is 2. The number of hydrogen-bond acceptors (Lipinski definition) is 2. The molecule has 1 atom stereocenters. The van der Waals surface area contributed by atoms with Crippen LogP contribution in [0.4, 0.5) is 0 Å². The Morgan fingerprint density at radius 1 is 1.47 bits per heavy atom. The number of aliphatic hydroxyl groups excluding tert-OH is 1. The summed E-state index contributed by atoms with van der Waals surface area (Å²) < 4.78 is 0. The molecule has 0 aliphatic heterocycles. The van der Waals surface area contributed by atoms with Crippen LogP contribution in [0.5, 0.6) is 0 Å². The first-order valence-electron chi connectivity index (χ1n) is 5.84. The van der Waals surface area contributed by atoms with Crippen molar-refractivity contribution in [1.29, 1.82) is 0 Å². The van der Waals surface area contributed by atoms with E-state index in [9.17, 15) is 4.79 Å². The van der Waals surface area contributed by atoms with Gasteiger partial charge in [-0.25, -0.2) is 0 Å². The highest BCUT2D eigenvalue weighted by atomic mass is 16.3. The molecule has 1 fully saturated rings. The van der Waals surface area contributed by atoms with E-state index >= 15 is 0 Å². The van der Waals surface area contributed by atoms with Crippen molar-refractivity contribution in [2.45, 2.75) is 51.0 Å². The predicted molar refractivity (Wildman–Crippen MR) is 60.2 cm³/mol. The fourth-order valence-corrected chi connectivity index (χ4v) is 2.01. The Kier molecular flexibility index (Phi) is 5.40. The summed E-state index contributed by atoms with van der Waals surface area (Å²) in [6.07, 6.45) is 11.1. The first kappa shape index (κ1) is 12.2. The summed E-state index contributed by atoms with van der Waals surface area (Å²) in [5.41, 5.74) is 4.94. The quantitative estimate of drug-likeness (QED) is 0.519. The Morgan fingerprint density at radius 3 is 2.73 bits per heavy atom. The van der Waals surface area contributed by atoms with Crippen LogP contribution in [-0.2, 0) is 4.79 Å². The van der Waals surface area contributed by atoms with Gasteiger partial charge in [-0.2, -0.15) is 0 Å². The molecular weight excluding hydrogens is 190 g/mol. The third-order valence-corrected chi connectivity index (χ3v) is 2.98. The molecule has 0 saturated heterocycles. The van der Waals surface area contributed by atoms with Crippen LogP contribution in [0.1, 0.15) is 44.9 Å². The number of rotatable bonds is 6. The maximum Gasteiger partial charge on any atom is 0.246 e. The van der Waals surface area contributed by atoms with Gasteiger partial charge in [-0.3, -0.25) is 4.79 Å². The fraction of sp³-hybridized carbons (Fsp3) is 0.750. The molecule has 1 aliphatic rings. The van der Waals surface area contributed by atoms with Crippen molar-refractivity contribution < 1.29 is 9.90 Å². The molecule has 0 aromatic carbocycles. The molecule has 0 heterocycles. The lowest BCUT2D eigenvalue weighted by molar-refractivity contribution is -0.126. The van der Waals surface area contributed by atoms with Gasteiger partial charge in [-0.15, -0.1) is 0 Å². The smallest absolute Gasteiger partial charge is 0.246 e. The van der Waals surface area contributed by atoms with E-state index in [0.29, 0.717) is 6.42 Å². The summed E-state index contributed by atoms with van der Waals surface area (Å²) in [5.74, 6) is 0.154. The van der Waals surface area contributed by atoms with E-state index in [2.05, 4.69) is 12.2 Å². The minimum absolute atomic E-state index is 0.477. The molecule has 1 amide bonds. The summed E-state index contributed by atoms with van der Waals surface area (Å²) in [4.78, 5) is 10.5. The van der Waals surface area contributed by atoms with Crippen LogP contribution >= 0.6 is 0 Å². The summed E-state index contributed by atoms with van der Waals surface area (Å²) >= 11 is 0. The van der Waals surface area contributed by atoms with E-state index in [4.69, 9.17) is 10.8 Å². The highest BCUT2D eigenvalue weighted by Crippen LogP contribution is 2.25. The third kappa shape index (κ3) is 4.98. The number of carbonyl (C=O) groups is 1. The van der Waals surface area contributed by atoms with Crippen molar-refractivity contribution in [2.75, 3.05) is 0 Å². The van der Waals surface area contributed by atoms with Crippen LogP contribution in [0.15, 0.2) is 12.2 Å². The van der Waals surface area contributed by atoms with Gasteiger partial charge in [0.25, 0.3) is 0 Å². The highest BCUT2D eigenvalue weighted by molar-refractivity contribution is 5.78. The summed E-state index contributed by atoms with van der Waals surface area (Å²) in [5, 5.41) is 9.14. The van der Waals surface area contributed by atoms with Crippen molar-refractivity contribution in [3.8, 4) is 0 Å². The maximum atomic E-state index is 10.5. The zero-order chi connectivity index (χ0) is 11.1. The topological polar surface area (TPSA) is 63.3 Å². The van der Waals surface area contributed by atoms with E-state index in [1.54, 1.807) is 0 Å². The SMILES string of the molecule is NC(=O)C(O)CCC/C=C/C1CCCC1. The van der Waals surface area contributed by atoms with Crippen molar-refractivity contribution >= 4 is 5.91 Å². The van der Waals surface area contributed by atoms with Gasteiger partial charge in [-0.05, 0) is 38.0 Å². The lowest BCUT2D eigenvalue weighted by Crippen LogP contribution is -2.27. The van der Waals surface area contributed by atoms with Crippen molar-refractivity contribution in [3.05, 3.63) is 12.2 Å². The Hall–Kier alpha value is -0.830. The molecule has 1 aliphatic carbocycles. The van der Waals surface area contributed by atoms with E-state index in [0.717, 1.165) is 18.8 Å². The minimum atomic E-state index is -0.968. The zero-order valence-corrected chi connectivity index (χ0v) is 9.19. The minimum Gasteiger partial charge on any atom is -0.383 e. The summed E-state index contributed by atoms with van der Waals surface area (Å²) in [6, 6.07) is 0. The van der Waals surface area contributed by atoms with Crippen LogP contribution in [0.25, 0.3) is 0 Å². The lowest BCUT2D eigenvalue weighted by atomic mass is 10.1. The van der Waals surface area contributed by atoms with Crippen molar-refractivity contribution in [3.63, 3.8) is 0 Å². The molecule has 3 N–H and O–H groups in total. The number of amides is 1. The molecule has 0 bridgehead atoms. The standard InChI is InChI=1S/C12H21NO2/c13-12(15)11(14)9-3-1-2-6-10-7-4-5-8-10/h2,6,10-11,14H,1,3-5,7-9H2,(H2,13,15)/b6-2+. The Labute approximate surface area is 91.4 Å². The van der Waals surface area contributed by atoms with Gasteiger partial charge in [0, 0.05) is 0 Å². The van der Waals surface area contributed by atoms with E-state index in [1.807, 2.05) is 0 Å². The van der Waals surface area contributed by atoms with Crippen molar-refractivity contribution in [2.24, 2.45) is 11.7 Å². The highest BCUT2D eigenvalue weighted by Gasteiger charge is 2.11. The largest absolute Gasteiger partial charge is 0.383 e. The van der Waals surface area contributed by atoms with Gasteiger partial charge in [-0.1, -0.05) is 25.0 Å². The summed E-state index contributed by atoms with van der Waals surface area (Å²) in [7, 11) is 0. The van der Waals surface area contributed by atoms with E-state index in [1.165, 1.54) is 25.7 Å². The van der Waals surface area contributed by atoms with E-state index in [-0.39, 0.29) is 0 Å². The second-order valence-electron chi connectivity index (χ2n) is 4.32. The maximum absolute atomic E-state index is 10.5. The average Bonchev–Trinajstić information content (AvgIpc) is 2.69. The number of unbranched alkanes of at least 4 members (excludes halogenated alkanes) is 1. The molecule has 3 heteroatoms. The molecule has 0 spiro atoms. The monoisotopic (exact) mass is 211 g/mol. The molecule has 86 valence electrons. The van der Waals surface area contributed by atoms with Gasteiger partial charge in [0.2, 0.25) is 5.91 Å². The first-order chi connectivity index (χ1) is 7.20. The number of allylic oxidation sites excluding steroid dienone is 2. The predicted octanol–water partition coefficient (Wildman–Crippen LogP) is 1.75. The van der Waals surface area contributed by atoms with Crippen molar-refractivity contribution in [1.82, 2.24) is 0 Å². The van der Waals surface area contributed by atoms with Gasteiger partial charge in [0.15, 0.2) is 0 Å². The molecule has 1 saturated carbocycles. The number of primary amides is 1. The molecule has 1 unspecified atom stereocenters. The normalized spacial score (nSPS) is 19.8. The van der Waals surface area contributed by atoms with Crippen LogP contribution in [0, 0.1) is 5.92 Å². The van der Waals surface area contributed by atoms with Gasteiger partial charge in [0.05, 0.1) is 0 Å². The molecule has 0 aromatic heterocycles. The fourth-order valence-electron chi connectivity index (χ4n) is 2.01. The second-order valence-corrected chi connectivity index (χ2v) is 4.32. The molecule has 1 rings (SSSR count). The third-order valence-electron chi connectivity index (χ3n) is 2.98. The second kappa shape index (κ2) is 6.62. The summed E-state index contributed by atoms with van der Waals surface area (Å²) in [6.45, 7) is 0. The molecule has 0 aromatic rings. The Morgan fingerprint density at radius 2 is 2.13 bits per heavy atom. The molecule has 3 nitrogen and oxygen atoms in total. The zero-order valence-electron chi connectivity index (χ0n) is 9.19. The van der Waals surface area contributed by atoms with Gasteiger partial charge < -0.3 is 10.8 Å².